The van der Waals surface area contributed by atoms with Crippen LogP contribution in [-0.4, -0.2) is 83.0 Å². The Bertz CT molecular complexity index is 2510. The Morgan fingerprint density at radius 3 is 2.54 bits per heavy atom. The van der Waals surface area contributed by atoms with E-state index in [1.54, 1.807) is 32.8 Å². The first-order valence-corrected chi connectivity index (χ1v) is 18.5. The second kappa shape index (κ2) is 14.0. The molecule has 3 aliphatic rings. The van der Waals surface area contributed by atoms with Crippen molar-refractivity contribution in [2.75, 3.05) is 32.5 Å². The molecule has 1 spiro atoms. The van der Waals surface area contributed by atoms with Crippen LogP contribution in [0.3, 0.4) is 0 Å². The highest BCUT2D eigenvalue weighted by Gasteiger charge is 2.51. The first-order chi connectivity index (χ1) is 26.7. The number of hydrogen-bond donors (Lipinski definition) is 2. The van der Waals surface area contributed by atoms with Crippen LogP contribution in [0.5, 0.6) is 5.75 Å². The summed E-state index contributed by atoms with van der Waals surface area (Å²) in [6.45, 7) is 3.13. The molecule has 5 heterocycles. The number of rotatable bonds is 8. The Balaban J connectivity index is 1.20. The Hall–Kier alpha value is -5.39. The van der Waals surface area contributed by atoms with Gasteiger partial charge in [0.05, 0.1) is 39.3 Å². The molecular formula is C38H37ClF3N9O5. The fraction of sp³-hybridized carbons (Fsp3) is 0.395. The zero-order valence-corrected chi connectivity index (χ0v) is 31.6. The molecule has 1 saturated heterocycles. The third-order valence-corrected chi connectivity index (χ3v) is 11.0. The number of carbonyl (C=O) groups is 2. The highest BCUT2D eigenvalue weighted by atomic mass is 35.5. The molecule has 8 rings (SSSR count). The smallest absolute Gasteiger partial charge is 0.282 e. The standard InChI is InChI=1S/C38H37ClF3N9O5/c1-18-33(53)31(44-17-43-18)36(55)49-11-9-38(10-12-49)28-32(19(2)56-38)50(16-27(52)45-26-14-25(40)23(13-24(26)39)20-5-6-20)37-46-34(47-51(37)35(28)54)22-8-7-21(15-48(3)4)29(41)30(22)42/h7-8,13-14,17,19-20,53H,5-6,9-12,15-16H2,1-4H3,(H,45,52). The SMILES string of the molecule is Cc1ncnc(C(=O)N2CCC3(CC2)OC(C)c2c3c(=O)n3nc(-c4ccc(CN(C)C)c(F)c4F)nc3n2CC(=O)Nc2cc(F)c(C3CC3)cc2Cl)c1O. The number of carbonyl (C=O) groups excluding carboxylic acids is 2. The van der Waals surface area contributed by atoms with Crippen LogP contribution in [-0.2, 0) is 28.2 Å². The third kappa shape index (κ3) is 6.36. The van der Waals surface area contributed by atoms with Gasteiger partial charge in [0, 0.05) is 25.2 Å². The minimum Gasteiger partial charge on any atom is -0.504 e. The first kappa shape index (κ1) is 37.5. The van der Waals surface area contributed by atoms with Crippen LogP contribution in [0.2, 0.25) is 5.02 Å². The van der Waals surface area contributed by atoms with Gasteiger partial charge in [0.25, 0.3) is 11.5 Å². The van der Waals surface area contributed by atoms with Crippen LogP contribution >= 0.6 is 11.6 Å². The van der Waals surface area contributed by atoms with Gasteiger partial charge in [0.15, 0.2) is 28.9 Å². The minimum atomic E-state index is -1.25. The average molecular weight is 792 g/mol. The van der Waals surface area contributed by atoms with Gasteiger partial charge in [0.2, 0.25) is 11.7 Å². The molecule has 2 aliphatic heterocycles. The van der Waals surface area contributed by atoms with E-state index >= 15 is 13.2 Å². The van der Waals surface area contributed by atoms with Gasteiger partial charge < -0.3 is 29.5 Å². The summed E-state index contributed by atoms with van der Waals surface area (Å²) in [7, 11) is 3.44. The lowest BCUT2D eigenvalue weighted by Crippen LogP contribution is -2.47. The number of nitrogens with one attached hydrogen (secondary N) is 1. The van der Waals surface area contributed by atoms with Crippen LogP contribution in [0.25, 0.3) is 17.2 Å². The molecule has 0 radical (unpaired) electrons. The number of aryl methyl sites for hydroxylation is 1. The van der Waals surface area contributed by atoms with Crippen molar-refractivity contribution in [3.05, 3.63) is 97.2 Å². The number of nitrogens with zero attached hydrogens (tertiary/aromatic N) is 8. The van der Waals surface area contributed by atoms with Crippen LogP contribution < -0.4 is 10.9 Å². The number of hydrogen-bond acceptors (Lipinski definition) is 10. The maximum absolute atomic E-state index is 15.6. The lowest BCUT2D eigenvalue weighted by molar-refractivity contribution is -0.116. The monoisotopic (exact) mass is 791 g/mol. The number of amides is 2. The molecule has 56 heavy (non-hydrogen) atoms. The zero-order valence-electron chi connectivity index (χ0n) is 30.9. The molecular weight excluding hydrogens is 755 g/mol. The topological polar surface area (TPSA) is 160 Å². The molecule has 5 aromatic rings. The van der Waals surface area contributed by atoms with E-state index in [4.69, 9.17) is 16.3 Å². The van der Waals surface area contributed by atoms with E-state index in [1.165, 1.54) is 40.1 Å². The second-order valence-electron chi connectivity index (χ2n) is 14.8. The summed E-state index contributed by atoms with van der Waals surface area (Å²) in [6, 6.07) is 5.43. The normalized spacial score (nSPS) is 17.6. The van der Waals surface area contributed by atoms with E-state index < -0.39 is 53.1 Å². The molecule has 1 aliphatic carbocycles. The van der Waals surface area contributed by atoms with Gasteiger partial charge in [-0.3, -0.25) is 14.4 Å². The summed E-state index contributed by atoms with van der Waals surface area (Å²) in [5, 5.41) is 17.6. The summed E-state index contributed by atoms with van der Waals surface area (Å²) in [6.07, 6.45) is 2.39. The fourth-order valence-electron chi connectivity index (χ4n) is 7.78. The molecule has 0 bridgehead atoms. The van der Waals surface area contributed by atoms with Crippen molar-refractivity contribution in [3.8, 4) is 17.1 Å². The van der Waals surface area contributed by atoms with Crippen LogP contribution in [0.15, 0.2) is 35.4 Å². The van der Waals surface area contributed by atoms with Gasteiger partial charge in [0.1, 0.15) is 24.3 Å². The van der Waals surface area contributed by atoms with E-state index in [2.05, 4.69) is 25.4 Å². The molecule has 2 N–H and O–H groups in total. The van der Waals surface area contributed by atoms with Gasteiger partial charge in [-0.15, -0.1) is 5.10 Å². The molecule has 14 nitrogen and oxygen atoms in total. The van der Waals surface area contributed by atoms with Gasteiger partial charge in [-0.05, 0) is 83.3 Å². The summed E-state index contributed by atoms with van der Waals surface area (Å²) >= 11 is 6.48. The molecule has 2 amide bonds. The highest BCUT2D eigenvalue weighted by Crippen LogP contribution is 2.48. The van der Waals surface area contributed by atoms with Crippen molar-refractivity contribution < 1.29 is 32.6 Å². The predicted octanol–water partition coefficient (Wildman–Crippen LogP) is 5.23. The maximum atomic E-state index is 15.6. The number of halogens is 4. The van der Waals surface area contributed by atoms with Crippen LogP contribution in [0, 0.1) is 24.4 Å². The van der Waals surface area contributed by atoms with E-state index in [0.717, 1.165) is 17.4 Å². The minimum absolute atomic E-state index is 0.0486. The van der Waals surface area contributed by atoms with E-state index in [0.29, 0.717) is 11.3 Å². The Kier molecular flexibility index (Phi) is 9.36. The van der Waals surface area contributed by atoms with Gasteiger partial charge in [-0.2, -0.15) is 9.50 Å². The summed E-state index contributed by atoms with van der Waals surface area (Å²) in [5.74, 6) is -4.64. The zero-order chi connectivity index (χ0) is 39.8. The summed E-state index contributed by atoms with van der Waals surface area (Å²) < 4.78 is 54.8. The number of aromatic nitrogens is 6. The van der Waals surface area contributed by atoms with Gasteiger partial charge >= 0.3 is 0 Å². The number of fused-ring (bicyclic) bond motifs is 3. The molecule has 2 fully saturated rings. The van der Waals surface area contributed by atoms with Gasteiger partial charge in [-0.25, -0.2) is 23.1 Å². The quantitative estimate of drug-likeness (QED) is 0.213. The number of likely N-dealkylation sites (tertiary alicyclic amines) is 1. The van der Waals surface area contributed by atoms with E-state index in [9.17, 15) is 19.5 Å². The van der Waals surface area contributed by atoms with Crippen molar-refractivity contribution in [1.82, 2.24) is 38.9 Å². The van der Waals surface area contributed by atoms with Crippen molar-refractivity contribution in [1.29, 1.82) is 0 Å². The average Bonchev–Trinajstić information content (AvgIpc) is 3.83. The predicted molar refractivity (Wildman–Crippen MR) is 197 cm³/mol. The number of benzene rings is 2. The van der Waals surface area contributed by atoms with Crippen molar-refractivity contribution >= 4 is 34.9 Å². The Morgan fingerprint density at radius 1 is 1.11 bits per heavy atom. The molecule has 18 heteroatoms. The van der Waals surface area contributed by atoms with E-state index in [1.807, 2.05) is 0 Å². The number of anilines is 1. The largest absolute Gasteiger partial charge is 0.504 e. The van der Waals surface area contributed by atoms with Crippen molar-refractivity contribution in [2.45, 2.75) is 70.2 Å². The Labute approximate surface area is 322 Å². The van der Waals surface area contributed by atoms with Crippen molar-refractivity contribution in [2.24, 2.45) is 0 Å². The van der Waals surface area contributed by atoms with Gasteiger partial charge in [-0.1, -0.05) is 17.7 Å². The first-order valence-electron chi connectivity index (χ1n) is 18.1. The molecule has 1 atom stereocenters. The fourth-order valence-corrected chi connectivity index (χ4v) is 8.00. The van der Waals surface area contributed by atoms with Crippen LogP contribution in [0.1, 0.15) is 83.2 Å². The summed E-state index contributed by atoms with van der Waals surface area (Å²) in [4.78, 5) is 57.3. The Morgan fingerprint density at radius 2 is 1.84 bits per heavy atom. The van der Waals surface area contributed by atoms with Crippen molar-refractivity contribution in [3.63, 3.8) is 0 Å². The molecule has 2 aromatic carbocycles. The highest BCUT2D eigenvalue weighted by molar-refractivity contribution is 6.33. The number of ether oxygens (including phenoxy) is 1. The van der Waals surface area contributed by atoms with Crippen LogP contribution in [0.4, 0.5) is 18.9 Å². The second-order valence-corrected chi connectivity index (χ2v) is 15.2. The lowest BCUT2D eigenvalue weighted by Gasteiger charge is -2.39. The maximum Gasteiger partial charge on any atom is 0.282 e. The van der Waals surface area contributed by atoms with E-state index in [-0.39, 0.29) is 94.5 Å². The number of piperidine rings is 1. The lowest BCUT2D eigenvalue weighted by atomic mass is 9.85. The number of aromatic hydroxyl groups is 1. The molecule has 3 aromatic heterocycles. The third-order valence-electron chi connectivity index (χ3n) is 10.7. The summed E-state index contributed by atoms with van der Waals surface area (Å²) in [5.41, 5.74) is -0.993. The molecule has 1 saturated carbocycles. The molecule has 292 valence electrons. The molecule has 1 unspecified atom stereocenters.